The standard InChI is InChI=1S/C8H5NO4.C6H15N/c10-8-6-4-2-1-3-5(6)7(13-8)9(11)12;1-4-7(5-2)6-3/h1-4,7H;4-6H2,1-3H3. The van der Waals surface area contributed by atoms with Gasteiger partial charge in [0.25, 0.3) is 0 Å². The van der Waals surface area contributed by atoms with E-state index in [9.17, 15) is 14.9 Å². The number of esters is 1. The number of ether oxygens (including phenoxy) is 1. The molecule has 0 amide bonds. The van der Waals surface area contributed by atoms with Crippen LogP contribution in [-0.2, 0) is 4.74 Å². The quantitative estimate of drug-likeness (QED) is 0.481. The van der Waals surface area contributed by atoms with E-state index in [1.54, 1.807) is 12.1 Å². The van der Waals surface area contributed by atoms with E-state index in [1.807, 2.05) is 0 Å². The third-order valence-corrected chi connectivity index (χ3v) is 3.20. The lowest BCUT2D eigenvalue weighted by Gasteiger charge is -2.13. The fourth-order valence-electron chi connectivity index (χ4n) is 1.95. The summed E-state index contributed by atoms with van der Waals surface area (Å²) in [6.45, 7) is 10.1. The van der Waals surface area contributed by atoms with Crippen LogP contribution in [0.1, 0.15) is 42.9 Å². The van der Waals surface area contributed by atoms with Gasteiger partial charge in [-0.25, -0.2) is 4.79 Å². The molecule has 6 nitrogen and oxygen atoms in total. The Kier molecular flexibility index (Phi) is 6.11. The van der Waals surface area contributed by atoms with Gasteiger partial charge in [-0.05, 0) is 31.8 Å². The largest absolute Gasteiger partial charge is 0.390 e. The van der Waals surface area contributed by atoms with Crippen LogP contribution in [0.4, 0.5) is 0 Å². The van der Waals surface area contributed by atoms with E-state index in [0.717, 1.165) is 0 Å². The van der Waals surface area contributed by atoms with Crippen LogP contribution in [0.25, 0.3) is 0 Å². The molecule has 0 spiro atoms. The number of nitro groups is 1. The number of nitrogens with zero attached hydrogens (tertiary/aromatic N) is 2. The van der Waals surface area contributed by atoms with Crippen molar-refractivity contribution >= 4 is 5.97 Å². The monoisotopic (exact) mass is 280 g/mol. The highest BCUT2D eigenvalue weighted by Gasteiger charge is 2.38. The van der Waals surface area contributed by atoms with Crippen molar-refractivity contribution < 1.29 is 14.5 Å². The Labute approximate surface area is 118 Å². The predicted octanol–water partition coefficient (Wildman–Crippen LogP) is 2.48. The zero-order valence-electron chi connectivity index (χ0n) is 12.0. The molecule has 0 saturated heterocycles. The molecular weight excluding hydrogens is 260 g/mol. The Morgan fingerprint density at radius 1 is 1.20 bits per heavy atom. The summed E-state index contributed by atoms with van der Waals surface area (Å²) in [4.78, 5) is 23.2. The van der Waals surface area contributed by atoms with E-state index in [-0.39, 0.29) is 5.56 Å². The lowest BCUT2D eigenvalue weighted by molar-refractivity contribution is -0.572. The van der Waals surface area contributed by atoms with Crippen molar-refractivity contribution in [3.8, 4) is 0 Å². The summed E-state index contributed by atoms with van der Waals surface area (Å²) in [7, 11) is 0. The summed E-state index contributed by atoms with van der Waals surface area (Å²) in [5.41, 5.74) is 0.613. The molecule has 20 heavy (non-hydrogen) atoms. The van der Waals surface area contributed by atoms with Gasteiger partial charge in [0.2, 0.25) is 0 Å². The summed E-state index contributed by atoms with van der Waals surface area (Å²) in [5, 5.41) is 10.4. The Morgan fingerprint density at radius 2 is 1.75 bits per heavy atom. The normalized spacial score (nSPS) is 16.2. The van der Waals surface area contributed by atoms with E-state index in [2.05, 4.69) is 30.4 Å². The highest BCUT2D eigenvalue weighted by atomic mass is 16.7. The smallest absolute Gasteiger partial charge is 0.383 e. The summed E-state index contributed by atoms with van der Waals surface area (Å²) < 4.78 is 4.56. The van der Waals surface area contributed by atoms with Crippen LogP contribution in [0.2, 0.25) is 0 Å². The van der Waals surface area contributed by atoms with Crippen molar-refractivity contribution in [2.24, 2.45) is 0 Å². The fraction of sp³-hybridized carbons (Fsp3) is 0.500. The molecule has 1 aromatic rings. The molecule has 0 aromatic heterocycles. The second kappa shape index (κ2) is 7.59. The first-order valence-electron chi connectivity index (χ1n) is 6.70. The average Bonchev–Trinajstić information content (AvgIpc) is 2.80. The molecule has 0 aliphatic carbocycles. The first kappa shape index (κ1) is 16.1. The van der Waals surface area contributed by atoms with E-state index < -0.39 is 17.1 Å². The van der Waals surface area contributed by atoms with E-state index >= 15 is 0 Å². The van der Waals surface area contributed by atoms with Crippen molar-refractivity contribution in [2.75, 3.05) is 19.6 Å². The van der Waals surface area contributed by atoms with Crippen LogP contribution in [-0.4, -0.2) is 35.4 Å². The van der Waals surface area contributed by atoms with Gasteiger partial charge in [-0.2, -0.15) is 0 Å². The molecule has 6 heteroatoms. The molecule has 1 atom stereocenters. The van der Waals surface area contributed by atoms with Crippen LogP contribution in [0.5, 0.6) is 0 Å². The van der Waals surface area contributed by atoms with Gasteiger partial charge in [0, 0.05) is 0 Å². The Balaban J connectivity index is 0.000000246. The van der Waals surface area contributed by atoms with Crippen LogP contribution in [0.3, 0.4) is 0 Å². The van der Waals surface area contributed by atoms with Crippen LogP contribution < -0.4 is 0 Å². The molecule has 1 aliphatic rings. The van der Waals surface area contributed by atoms with Gasteiger partial charge in [0.05, 0.1) is 16.1 Å². The van der Waals surface area contributed by atoms with Crippen molar-refractivity contribution in [1.29, 1.82) is 0 Å². The number of carbonyl (C=O) groups is 1. The lowest BCUT2D eigenvalue weighted by atomic mass is 10.1. The Bertz CT molecular complexity index is 466. The van der Waals surface area contributed by atoms with E-state index in [4.69, 9.17) is 0 Å². The molecule has 0 N–H and O–H groups in total. The van der Waals surface area contributed by atoms with Crippen molar-refractivity contribution in [3.05, 3.63) is 45.5 Å². The minimum absolute atomic E-state index is 0.282. The third kappa shape index (κ3) is 3.77. The molecule has 1 heterocycles. The third-order valence-electron chi connectivity index (χ3n) is 3.20. The van der Waals surface area contributed by atoms with Crippen molar-refractivity contribution in [3.63, 3.8) is 0 Å². The average molecular weight is 280 g/mol. The Hall–Kier alpha value is -1.95. The topological polar surface area (TPSA) is 72.7 Å². The maximum atomic E-state index is 11.1. The minimum Gasteiger partial charge on any atom is -0.390 e. The van der Waals surface area contributed by atoms with Crippen LogP contribution in [0, 0.1) is 10.1 Å². The number of cyclic esters (lactones) is 1. The second-order valence-electron chi connectivity index (χ2n) is 4.25. The summed E-state index contributed by atoms with van der Waals surface area (Å²) in [5.74, 6) is -0.628. The predicted molar refractivity (Wildman–Crippen MR) is 75.1 cm³/mol. The molecule has 0 fully saturated rings. The lowest BCUT2D eigenvalue weighted by Crippen LogP contribution is -2.21. The molecule has 1 aliphatic heterocycles. The summed E-state index contributed by atoms with van der Waals surface area (Å²) in [6, 6.07) is 6.31. The Morgan fingerprint density at radius 3 is 2.20 bits per heavy atom. The van der Waals surface area contributed by atoms with Gasteiger partial charge in [-0.3, -0.25) is 10.1 Å². The van der Waals surface area contributed by atoms with E-state index in [1.165, 1.54) is 31.8 Å². The van der Waals surface area contributed by atoms with Gasteiger partial charge >= 0.3 is 12.2 Å². The number of benzene rings is 1. The molecule has 110 valence electrons. The highest BCUT2D eigenvalue weighted by molar-refractivity contribution is 5.93. The summed E-state index contributed by atoms with van der Waals surface area (Å²) in [6.07, 6.45) is -1.33. The maximum absolute atomic E-state index is 11.1. The summed E-state index contributed by atoms with van der Waals surface area (Å²) >= 11 is 0. The SMILES string of the molecule is CCN(CC)CC.O=C1OC([N+](=O)[O-])c2ccccc21. The van der Waals surface area contributed by atoms with Gasteiger partial charge in [0.1, 0.15) is 0 Å². The molecular formula is C14H20N2O4. The molecule has 0 saturated carbocycles. The van der Waals surface area contributed by atoms with E-state index in [0.29, 0.717) is 5.56 Å². The maximum Gasteiger partial charge on any atom is 0.383 e. The fourth-order valence-corrected chi connectivity index (χ4v) is 1.95. The zero-order valence-corrected chi connectivity index (χ0v) is 12.0. The van der Waals surface area contributed by atoms with Crippen LogP contribution >= 0.6 is 0 Å². The van der Waals surface area contributed by atoms with Gasteiger partial charge in [0.15, 0.2) is 0 Å². The number of rotatable bonds is 4. The van der Waals surface area contributed by atoms with Gasteiger partial charge < -0.3 is 9.64 Å². The minimum atomic E-state index is -1.33. The molecule has 0 radical (unpaired) electrons. The van der Waals surface area contributed by atoms with Crippen molar-refractivity contribution in [2.45, 2.75) is 27.0 Å². The van der Waals surface area contributed by atoms with Crippen LogP contribution in [0.15, 0.2) is 24.3 Å². The molecule has 1 aromatic carbocycles. The number of fused-ring (bicyclic) bond motifs is 1. The number of carbonyl (C=O) groups excluding carboxylic acids is 1. The second-order valence-corrected chi connectivity index (χ2v) is 4.25. The zero-order chi connectivity index (χ0) is 15.1. The van der Waals surface area contributed by atoms with Gasteiger partial charge in [-0.15, -0.1) is 0 Å². The first-order chi connectivity index (χ1) is 9.54. The molecule has 1 unspecified atom stereocenters. The van der Waals surface area contributed by atoms with Gasteiger partial charge in [-0.1, -0.05) is 32.9 Å². The number of hydrogen-bond donors (Lipinski definition) is 0. The highest BCUT2D eigenvalue weighted by Crippen LogP contribution is 2.30. The molecule has 0 bridgehead atoms. The van der Waals surface area contributed by atoms with Crippen molar-refractivity contribution in [1.82, 2.24) is 4.90 Å². The first-order valence-corrected chi connectivity index (χ1v) is 6.70. The molecule has 2 rings (SSSR count). The number of hydrogen-bond acceptors (Lipinski definition) is 5.